The molecule has 4 aromatic rings. The fraction of sp³-hybridized carbons (Fsp3) is 0.0833. The zero-order valence-electron chi connectivity index (χ0n) is 14.8. The van der Waals surface area contributed by atoms with Crippen molar-refractivity contribution in [2.75, 3.05) is 0 Å². The van der Waals surface area contributed by atoms with Gasteiger partial charge in [0.1, 0.15) is 10.4 Å². The normalized spacial score (nSPS) is 21.9. The van der Waals surface area contributed by atoms with E-state index >= 15 is 0 Å². The Morgan fingerprint density at radius 3 is 2.68 bits per heavy atom. The topological polar surface area (TPSA) is 25.8 Å². The molecule has 2 unspecified atom stereocenters. The number of aromatic nitrogens is 2. The summed E-state index contributed by atoms with van der Waals surface area (Å²) in [7, 11) is 0. The molecule has 28 heavy (non-hydrogen) atoms. The van der Waals surface area contributed by atoms with Crippen LogP contribution in [-0.2, 0) is 0 Å². The minimum Gasteiger partial charge on any atom is -0.257 e. The molecule has 2 nitrogen and oxygen atoms in total. The molecule has 0 bridgehead atoms. The lowest BCUT2D eigenvalue weighted by atomic mass is 9.69. The van der Waals surface area contributed by atoms with E-state index in [1.807, 2.05) is 48.3 Å². The van der Waals surface area contributed by atoms with Crippen LogP contribution in [-0.4, -0.2) is 14.7 Å². The summed E-state index contributed by atoms with van der Waals surface area (Å²) in [5.41, 5.74) is 4.41. The van der Waals surface area contributed by atoms with Gasteiger partial charge in [0, 0.05) is 33.5 Å². The molecule has 2 atom stereocenters. The molecule has 0 N–H and O–H groups in total. The van der Waals surface area contributed by atoms with Gasteiger partial charge in [0.15, 0.2) is 0 Å². The number of allylic oxidation sites excluding steroid dienone is 1. The molecule has 3 aromatic heterocycles. The minimum atomic E-state index is -0.294. The lowest BCUT2D eigenvalue weighted by Crippen LogP contribution is -2.36. The lowest BCUT2D eigenvalue weighted by Gasteiger charge is -2.39. The summed E-state index contributed by atoms with van der Waals surface area (Å²) < 4.78 is 1.05. The maximum Gasteiger partial charge on any atom is 0.118 e. The van der Waals surface area contributed by atoms with Crippen LogP contribution < -0.4 is 0 Å². The van der Waals surface area contributed by atoms with Crippen molar-refractivity contribution in [2.45, 2.75) is 15.6 Å². The molecule has 1 aliphatic heterocycles. The van der Waals surface area contributed by atoms with Crippen LogP contribution in [0.1, 0.15) is 22.9 Å². The second-order valence-corrected chi connectivity index (χ2v) is 9.16. The molecule has 0 spiro atoms. The maximum atomic E-state index is 4.61. The van der Waals surface area contributed by atoms with E-state index in [9.17, 15) is 0 Å². The number of fused-ring (bicyclic) bond motifs is 4. The lowest BCUT2D eigenvalue weighted by molar-refractivity contribution is 0.744. The van der Waals surface area contributed by atoms with Crippen LogP contribution in [0.5, 0.6) is 0 Å². The van der Waals surface area contributed by atoms with Crippen molar-refractivity contribution in [3.05, 3.63) is 95.4 Å². The van der Waals surface area contributed by atoms with E-state index in [1.165, 1.54) is 26.1 Å². The van der Waals surface area contributed by atoms with E-state index in [0.29, 0.717) is 0 Å². The van der Waals surface area contributed by atoms with Gasteiger partial charge in [-0.05, 0) is 64.7 Å². The molecule has 0 saturated carbocycles. The van der Waals surface area contributed by atoms with Crippen molar-refractivity contribution in [1.82, 2.24) is 9.97 Å². The monoisotopic (exact) mass is 394 g/mol. The first kappa shape index (κ1) is 16.1. The first-order valence-electron chi connectivity index (χ1n) is 9.12. The van der Waals surface area contributed by atoms with Gasteiger partial charge in [-0.2, -0.15) is 0 Å². The van der Waals surface area contributed by atoms with E-state index < -0.39 is 0 Å². The SMILES string of the molecule is C(#CC12Sc3cc4ccsc4cc3C1C=C2c1ccccn1)c1ccccn1. The standard InChI is InChI=1S/C24H14N2S2/c1-3-10-25-17(5-1)7-9-24-19(15-20(24)21-6-2-4-11-26-21)18-14-22-16(8-12-27-22)13-23(18)28-24/h1-6,8,10-15,19H. The first-order chi connectivity index (χ1) is 13.8. The predicted molar refractivity (Wildman–Crippen MR) is 116 cm³/mol. The van der Waals surface area contributed by atoms with Crippen molar-refractivity contribution in [1.29, 1.82) is 0 Å². The molecule has 0 radical (unpaired) electrons. The zero-order valence-corrected chi connectivity index (χ0v) is 16.4. The summed E-state index contributed by atoms with van der Waals surface area (Å²) in [4.78, 5) is 10.3. The zero-order chi connectivity index (χ0) is 18.6. The van der Waals surface area contributed by atoms with Gasteiger partial charge in [0.25, 0.3) is 0 Å². The third kappa shape index (κ3) is 2.30. The van der Waals surface area contributed by atoms with Crippen LogP contribution in [0.3, 0.4) is 0 Å². The van der Waals surface area contributed by atoms with Crippen molar-refractivity contribution in [3.8, 4) is 11.8 Å². The Morgan fingerprint density at radius 1 is 0.964 bits per heavy atom. The van der Waals surface area contributed by atoms with Gasteiger partial charge < -0.3 is 0 Å². The molecule has 1 aliphatic carbocycles. The number of rotatable bonds is 1. The van der Waals surface area contributed by atoms with Crippen LogP contribution in [0.2, 0.25) is 0 Å². The van der Waals surface area contributed by atoms with Crippen LogP contribution in [0.4, 0.5) is 0 Å². The molecule has 0 amide bonds. The predicted octanol–water partition coefficient (Wildman–Crippen LogP) is 5.77. The molecule has 0 saturated heterocycles. The summed E-state index contributed by atoms with van der Waals surface area (Å²) in [6, 6.07) is 18.8. The first-order valence-corrected chi connectivity index (χ1v) is 10.8. The van der Waals surface area contributed by atoms with Crippen LogP contribution in [0.25, 0.3) is 15.7 Å². The third-order valence-electron chi connectivity index (χ3n) is 5.34. The molecule has 0 fully saturated rings. The van der Waals surface area contributed by atoms with Crippen LogP contribution in [0, 0.1) is 11.8 Å². The summed E-state index contributed by atoms with van der Waals surface area (Å²) in [5, 5.41) is 3.47. The fourth-order valence-corrected chi connectivity index (χ4v) is 6.34. The van der Waals surface area contributed by atoms with Crippen molar-refractivity contribution < 1.29 is 0 Å². The number of thiophene rings is 1. The molecule has 1 aromatic carbocycles. The number of hydrogen-bond acceptors (Lipinski definition) is 4. The van der Waals surface area contributed by atoms with Crippen LogP contribution >= 0.6 is 23.1 Å². The molecular weight excluding hydrogens is 380 g/mol. The Bertz CT molecular complexity index is 1300. The molecule has 132 valence electrons. The number of pyridine rings is 2. The second kappa shape index (κ2) is 6.07. The van der Waals surface area contributed by atoms with Gasteiger partial charge in [-0.1, -0.05) is 35.9 Å². The van der Waals surface area contributed by atoms with E-state index in [1.54, 1.807) is 17.5 Å². The average molecular weight is 395 g/mol. The highest BCUT2D eigenvalue weighted by Gasteiger charge is 2.55. The Labute approximate surface area is 171 Å². The number of benzene rings is 1. The molecule has 4 heterocycles. The summed E-state index contributed by atoms with van der Waals surface area (Å²) in [6.45, 7) is 0. The maximum absolute atomic E-state index is 4.61. The number of hydrogen-bond donors (Lipinski definition) is 0. The molecular formula is C24H14N2S2. The highest BCUT2D eigenvalue weighted by atomic mass is 32.2. The van der Waals surface area contributed by atoms with Gasteiger partial charge in [-0.3, -0.25) is 4.98 Å². The molecule has 2 aliphatic rings. The average Bonchev–Trinajstić information content (AvgIpc) is 3.27. The Balaban J connectivity index is 1.51. The van der Waals surface area contributed by atoms with Gasteiger partial charge in [0.05, 0.1) is 5.69 Å². The third-order valence-corrected chi connectivity index (χ3v) is 7.70. The van der Waals surface area contributed by atoms with Crippen molar-refractivity contribution in [3.63, 3.8) is 0 Å². The Kier molecular flexibility index (Phi) is 3.49. The van der Waals surface area contributed by atoms with E-state index in [2.05, 4.69) is 57.5 Å². The van der Waals surface area contributed by atoms with Crippen molar-refractivity contribution in [2.24, 2.45) is 0 Å². The summed E-state index contributed by atoms with van der Waals surface area (Å²) >= 11 is 3.67. The Hall–Kier alpha value is -2.87. The summed E-state index contributed by atoms with van der Waals surface area (Å²) in [6.07, 6.45) is 5.99. The molecule has 6 rings (SSSR count). The van der Waals surface area contributed by atoms with Gasteiger partial charge in [-0.25, -0.2) is 4.98 Å². The van der Waals surface area contributed by atoms with E-state index in [4.69, 9.17) is 0 Å². The van der Waals surface area contributed by atoms with Crippen molar-refractivity contribution >= 4 is 38.8 Å². The van der Waals surface area contributed by atoms with Gasteiger partial charge in [-0.15, -0.1) is 11.3 Å². The fourth-order valence-electron chi connectivity index (χ4n) is 3.98. The quantitative estimate of drug-likeness (QED) is 0.383. The number of thioether (sulfide) groups is 1. The highest BCUT2D eigenvalue weighted by Crippen LogP contribution is 2.66. The van der Waals surface area contributed by atoms with E-state index in [0.717, 1.165) is 11.4 Å². The molecule has 4 heteroatoms. The van der Waals surface area contributed by atoms with Gasteiger partial charge in [0.2, 0.25) is 0 Å². The Morgan fingerprint density at radius 2 is 1.86 bits per heavy atom. The second-order valence-electron chi connectivity index (χ2n) is 6.92. The van der Waals surface area contributed by atoms with Crippen LogP contribution in [0.15, 0.2) is 83.3 Å². The van der Waals surface area contributed by atoms with E-state index in [-0.39, 0.29) is 10.7 Å². The minimum absolute atomic E-state index is 0.284. The van der Waals surface area contributed by atoms with Gasteiger partial charge >= 0.3 is 0 Å². The smallest absolute Gasteiger partial charge is 0.118 e. The number of nitrogens with zero attached hydrogens (tertiary/aromatic N) is 2. The highest BCUT2D eigenvalue weighted by molar-refractivity contribution is 8.02. The summed E-state index contributed by atoms with van der Waals surface area (Å²) in [5.74, 6) is 7.21. The largest absolute Gasteiger partial charge is 0.257 e.